The number of carboxylic acids is 1. The van der Waals surface area contributed by atoms with Crippen molar-refractivity contribution >= 4 is 105 Å². The van der Waals surface area contributed by atoms with Gasteiger partial charge in [-0.1, -0.05) is 66.7 Å². The van der Waals surface area contributed by atoms with E-state index in [1.165, 1.54) is 18.3 Å². The Hall–Kier alpha value is -6.54. The number of H-pyrrole nitrogens is 1. The normalized spacial score (nSPS) is 15.4. The van der Waals surface area contributed by atoms with Gasteiger partial charge in [0.25, 0.3) is 0 Å². The van der Waals surface area contributed by atoms with Crippen LogP contribution in [0.4, 0.5) is 0 Å². The Morgan fingerprint density at radius 2 is 1.07 bits per heavy atom. The third-order valence-corrected chi connectivity index (χ3v) is 14.0. The standard InChI is InChI=1S/C51H66N10O11S3/c1-27(62)42(50(70)59-40(25-74)49(69)61-43(28(2)63)51(71)72)60-45(65)36(17-10-11-19-52)55-46(66)37(21-30-23-54-35-16-8-6-14-32(30)35)56-47(67)38(22-31-26-75-41-18-9-7-15-33(31)41)57-48(68)39(24-73)58-44(64)34(53)20-29-12-4-3-5-13-29/h3-9,12-16,18,23,26-28,34,36-40,42-43,54,62-63,73-74H,10-11,17,19-22,24-25,52-53H2,1-2H3,(H,55,66)(H,56,67)(H,57,68)(H,58,64)(H,59,70)(H,60,65)(H,61,69)(H,71,72)/t27-,28-,34-,36+,37-,38+,39+,40+,42+,43+/m1/s1. The minimum Gasteiger partial charge on any atom is -0.480 e. The molecule has 0 spiro atoms. The van der Waals surface area contributed by atoms with Crippen molar-refractivity contribution < 1.29 is 53.7 Å². The number of thiol groups is 2. The number of carbonyl (C=O) groups excluding carboxylic acids is 7. The fraction of sp³-hybridized carbons (Fsp3) is 0.412. The molecule has 5 rings (SSSR count). The first-order valence-corrected chi connectivity index (χ1v) is 26.4. The molecule has 2 aromatic heterocycles. The first kappa shape index (κ1) is 59.3. The molecule has 2 heterocycles. The Morgan fingerprint density at radius 3 is 1.67 bits per heavy atom. The minimum absolute atomic E-state index is 0.0238. The number of rotatable bonds is 29. The molecule has 3 aromatic carbocycles. The molecule has 0 unspecified atom stereocenters. The van der Waals surface area contributed by atoms with Gasteiger partial charge in [0.2, 0.25) is 41.4 Å². The van der Waals surface area contributed by atoms with E-state index < -0.39 is 108 Å². The maximum absolute atomic E-state index is 14.8. The molecule has 404 valence electrons. The number of aliphatic hydroxyl groups is 2. The predicted octanol–water partition coefficient (Wildman–Crippen LogP) is -0.0338. The lowest BCUT2D eigenvalue weighted by molar-refractivity contribution is -0.145. The molecule has 75 heavy (non-hydrogen) atoms. The number of aliphatic carboxylic acids is 1. The van der Waals surface area contributed by atoms with Gasteiger partial charge in [-0.3, -0.25) is 33.6 Å². The molecule has 0 fully saturated rings. The minimum atomic E-state index is -1.72. The van der Waals surface area contributed by atoms with Crippen molar-refractivity contribution in [3.63, 3.8) is 0 Å². The number of fused-ring (bicyclic) bond motifs is 2. The first-order chi connectivity index (χ1) is 35.8. The number of nitrogens with two attached hydrogens (primary N) is 2. The molecule has 5 aromatic rings. The van der Waals surface area contributed by atoms with Crippen LogP contribution in [-0.4, -0.2) is 146 Å². The number of carboxylic acid groups (broad SMARTS) is 1. The van der Waals surface area contributed by atoms with Crippen molar-refractivity contribution in [2.45, 2.75) is 113 Å². The second-order valence-electron chi connectivity index (χ2n) is 18.1. The van der Waals surface area contributed by atoms with Gasteiger partial charge in [-0.2, -0.15) is 25.3 Å². The van der Waals surface area contributed by atoms with Crippen molar-refractivity contribution in [2.24, 2.45) is 11.5 Å². The molecular formula is C51H66N10O11S3. The first-order valence-electron chi connectivity index (χ1n) is 24.3. The molecule has 15 N–H and O–H groups in total. The summed E-state index contributed by atoms with van der Waals surface area (Å²) in [6, 6.07) is 12.5. The summed E-state index contributed by atoms with van der Waals surface area (Å²) in [5.74, 6) is -8.05. The molecule has 21 nitrogen and oxygen atoms in total. The van der Waals surface area contributed by atoms with E-state index in [4.69, 9.17) is 11.5 Å². The van der Waals surface area contributed by atoms with E-state index in [0.717, 1.165) is 33.5 Å². The van der Waals surface area contributed by atoms with Gasteiger partial charge in [-0.15, -0.1) is 11.3 Å². The van der Waals surface area contributed by atoms with Crippen LogP contribution in [0.25, 0.3) is 21.0 Å². The highest BCUT2D eigenvalue weighted by atomic mass is 32.1. The fourth-order valence-corrected chi connectivity index (χ4v) is 9.61. The highest BCUT2D eigenvalue weighted by molar-refractivity contribution is 7.80. The van der Waals surface area contributed by atoms with Crippen LogP contribution in [-0.2, 0) is 57.6 Å². The summed E-state index contributed by atoms with van der Waals surface area (Å²) in [7, 11) is 0. The number of hydrogen-bond donors (Lipinski definition) is 15. The number of nitrogens with one attached hydrogen (secondary N) is 8. The van der Waals surface area contributed by atoms with Crippen molar-refractivity contribution in [3.8, 4) is 0 Å². The number of benzene rings is 3. The maximum atomic E-state index is 14.8. The zero-order valence-corrected chi connectivity index (χ0v) is 44.0. The average molecular weight is 1090 g/mol. The topological polar surface area (TPSA) is 349 Å². The van der Waals surface area contributed by atoms with Crippen molar-refractivity contribution in [1.29, 1.82) is 0 Å². The average Bonchev–Trinajstić information content (AvgIpc) is 4.00. The highest BCUT2D eigenvalue weighted by Crippen LogP contribution is 2.27. The lowest BCUT2D eigenvalue weighted by Crippen LogP contribution is -2.62. The Morgan fingerprint density at radius 1 is 0.573 bits per heavy atom. The monoisotopic (exact) mass is 1090 g/mol. The second-order valence-corrected chi connectivity index (χ2v) is 19.7. The molecule has 0 aliphatic carbocycles. The number of aromatic amines is 1. The van der Waals surface area contributed by atoms with Crippen molar-refractivity contribution in [1.82, 2.24) is 42.2 Å². The van der Waals surface area contributed by atoms with Crippen molar-refractivity contribution in [3.05, 3.63) is 107 Å². The SMILES string of the molecule is C[C@@H](O)[C@H](NC(=O)[C@H](CS)NC(=O)[C@@H](NC(=O)[C@H](CCCCN)NC(=O)[C@@H](Cc1c[nH]c2ccccc12)NC(=O)[C@H](Cc1csc2ccccc12)NC(=O)[C@H](CS)NC(=O)[C@H](N)Cc1ccccc1)[C@@H](C)O)C(=O)O. The van der Waals surface area contributed by atoms with Crippen LogP contribution < -0.4 is 48.7 Å². The van der Waals surface area contributed by atoms with Gasteiger partial charge < -0.3 is 69.0 Å². The second kappa shape index (κ2) is 28.9. The van der Waals surface area contributed by atoms with Gasteiger partial charge in [0.05, 0.1) is 18.2 Å². The lowest BCUT2D eigenvalue weighted by atomic mass is 10.0. The van der Waals surface area contributed by atoms with E-state index in [0.29, 0.717) is 24.0 Å². The van der Waals surface area contributed by atoms with Crippen LogP contribution in [0.15, 0.2) is 90.4 Å². The maximum Gasteiger partial charge on any atom is 0.328 e. The molecule has 10 atom stereocenters. The summed E-state index contributed by atoms with van der Waals surface area (Å²) in [5, 5.41) is 51.4. The molecule has 24 heteroatoms. The molecule has 0 aliphatic heterocycles. The highest BCUT2D eigenvalue weighted by Gasteiger charge is 2.36. The summed E-state index contributed by atoms with van der Waals surface area (Å²) in [6.07, 6.45) is -0.687. The largest absolute Gasteiger partial charge is 0.480 e. The Labute approximate surface area is 448 Å². The van der Waals surface area contributed by atoms with E-state index >= 15 is 0 Å². The third-order valence-electron chi connectivity index (χ3n) is 12.3. The van der Waals surface area contributed by atoms with Gasteiger partial charge in [-0.05, 0) is 85.7 Å². The van der Waals surface area contributed by atoms with E-state index in [1.807, 2.05) is 78.2 Å². The van der Waals surface area contributed by atoms with Gasteiger partial charge in [-0.25, -0.2) is 4.79 Å². The zero-order valence-electron chi connectivity index (χ0n) is 41.4. The van der Waals surface area contributed by atoms with Crippen LogP contribution in [0.3, 0.4) is 0 Å². The molecule has 0 bridgehead atoms. The Bertz CT molecular complexity index is 2760. The molecule has 0 radical (unpaired) electrons. The number of amides is 7. The van der Waals surface area contributed by atoms with Gasteiger partial charge in [0.1, 0.15) is 36.3 Å². The Kier molecular flexibility index (Phi) is 22.9. The summed E-state index contributed by atoms with van der Waals surface area (Å²) < 4.78 is 0.922. The van der Waals surface area contributed by atoms with E-state index in [2.05, 4.69) is 67.5 Å². The van der Waals surface area contributed by atoms with Crippen LogP contribution in [0.5, 0.6) is 0 Å². The van der Waals surface area contributed by atoms with Crippen molar-refractivity contribution in [2.75, 3.05) is 18.1 Å². The number of unbranched alkanes of at least 4 members (excludes halogenated alkanes) is 1. The fourth-order valence-electron chi connectivity index (χ4n) is 8.12. The van der Waals surface area contributed by atoms with Crippen LogP contribution in [0.1, 0.15) is 49.8 Å². The van der Waals surface area contributed by atoms with Crippen LogP contribution in [0.2, 0.25) is 0 Å². The lowest BCUT2D eigenvalue weighted by Gasteiger charge is -2.28. The van der Waals surface area contributed by atoms with Crippen LogP contribution in [0, 0.1) is 0 Å². The van der Waals surface area contributed by atoms with E-state index in [-0.39, 0.29) is 43.7 Å². The van der Waals surface area contributed by atoms with Gasteiger partial charge in [0, 0.05) is 46.1 Å². The summed E-state index contributed by atoms with van der Waals surface area (Å²) in [4.78, 5) is 113. The smallest absolute Gasteiger partial charge is 0.328 e. The molecule has 0 aliphatic rings. The zero-order chi connectivity index (χ0) is 54.8. The summed E-state index contributed by atoms with van der Waals surface area (Å²) in [6.45, 7) is 2.58. The quantitative estimate of drug-likeness (QED) is 0.0221. The number of carbonyl (C=O) groups is 8. The number of para-hydroxylation sites is 1. The summed E-state index contributed by atoms with van der Waals surface area (Å²) >= 11 is 9.89. The number of hydrogen-bond acceptors (Lipinski definition) is 15. The summed E-state index contributed by atoms with van der Waals surface area (Å²) in [5.41, 5.74) is 14.9. The molecule has 0 saturated heterocycles. The van der Waals surface area contributed by atoms with Gasteiger partial charge >= 0.3 is 5.97 Å². The third kappa shape index (κ3) is 17.0. The number of aliphatic hydroxyl groups excluding tert-OH is 2. The van der Waals surface area contributed by atoms with Gasteiger partial charge in [0.15, 0.2) is 6.04 Å². The molecular weight excluding hydrogens is 1020 g/mol. The van der Waals surface area contributed by atoms with Crippen LogP contribution >= 0.6 is 36.6 Å². The number of aromatic nitrogens is 1. The molecule has 7 amide bonds. The predicted molar refractivity (Wildman–Crippen MR) is 291 cm³/mol. The van der Waals surface area contributed by atoms with E-state index in [1.54, 1.807) is 12.3 Å². The molecule has 0 saturated carbocycles. The Balaban J connectivity index is 1.42. The van der Waals surface area contributed by atoms with E-state index in [9.17, 15) is 53.7 Å². The number of thiophene rings is 1.